The Labute approximate surface area is 162 Å². The normalized spacial score (nSPS) is 16.1. The van der Waals surface area contributed by atoms with Crippen LogP contribution in [0, 0.1) is 0 Å². The molecule has 1 fully saturated rings. The van der Waals surface area contributed by atoms with Crippen molar-refractivity contribution in [3.63, 3.8) is 0 Å². The Hall–Kier alpha value is -1.59. The molecule has 1 amide bonds. The van der Waals surface area contributed by atoms with Gasteiger partial charge < -0.3 is 15.4 Å². The van der Waals surface area contributed by atoms with Gasteiger partial charge in [0.15, 0.2) is 11.9 Å². The van der Waals surface area contributed by atoms with E-state index in [1.807, 2.05) is 0 Å². The average molecular weight is 383 g/mol. The second kappa shape index (κ2) is 11.9. The van der Waals surface area contributed by atoms with Crippen LogP contribution in [0.2, 0.25) is 0 Å². The minimum absolute atomic E-state index is 0. The molecule has 26 heavy (non-hydrogen) atoms. The van der Waals surface area contributed by atoms with Gasteiger partial charge in [-0.15, -0.1) is 12.4 Å². The second-order valence-electron chi connectivity index (χ2n) is 6.78. The third-order valence-electron chi connectivity index (χ3n) is 4.64. The summed E-state index contributed by atoms with van der Waals surface area (Å²) in [4.78, 5) is 23.5. The molecule has 1 aromatic rings. The number of nitrogens with one attached hydrogen (secondary N) is 2. The summed E-state index contributed by atoms with van der Waals surface area (Å²) in [5.41, 5.74) is 0.581. The first-order chi connectivity index (χ1) is 12.1. The van der Waals surface area contributed by atoms with E-state index in [0.29, 0.717) is 23.9 Å². The molecule has 1 aliphatic rings. The zero-order valence-electron chi connectivity index (χ0n) is 15.8. The lowest BCUT2D eigenvalue weighted by atomic mass is 10.1. The quantitative estimate of drug-likeness (QED) is 0.410. The molecular formula is C20H31ClN2O3. The van der Waals surface area contributed by atoms with Crippen LogP contribution >= 0.6 is 12.4 Å². The molecule has 0 saturated heterocycles. The van der Waals surface area contributed by atoms with E-state index in [-0.39, 0.29) is 24.1 Å². The third kappa shape index (κ3) is 7.75. The largest absolute Gasteiger partial charge is 0.481 e. The second-order valence-corrected chi connectivity index (χ2v) is 6.78. The number of carbonyl (C=O) groups excluding carboxylic acids is 2. The predicted molar refractivity (Wildman–Crippen MR) is 106 cm³/mol. The van der Waals surface area contributed by atoms with E-state index < -0.39 is 6.10 Å². The van der Waals surface area contributed by atoms with Gasteiger partial charge in [0.05, 0.1) is 0 Å². The molecular weight excluding hydrogens is 352 g/mol. The summed E-state index contributed by atoms with van der Waals surface area (Å²) < 4.78 is 5.65. The fourth-order valence-corrected chi connectivity index (χ4v) is 3.14. The Morgan fingerprint density at radius 1 is 1.15 bits per heavy atom. The number of ketones is 1. The molecule has 6 heteroatoms. The van der Waals surface area contributed by atoms with E-state index in [1.54, 1.807) is 31.2 Å². The van der Waals surface area contributed by atoms with Gasteiger partial charge in [0.1, 0.15) is 5.75 Å². The van der Waals surface area contributed by atoms with E-state index in [2.05, 4.69) is 10.6 Å². The molecule has 2 N–H and O–H groups in total. The highest BCUT2D eigenvalue weighted by Gasteiger charge is 2.15. The first kappa shape index (κ1) is 22.5. The van der Waals surface area contributed by atoms with Crippen LogP contribution in [0.1, 0.15) is 62.7 Å². The summed E-state index contributed by atoms with van der Waals surface area (Å²) in [7, 11) is 0. The van der Waals surface area contributed by atoms with Crippen molar-refractivity contribution in [2.75, 3.05) is 13.1 Å². The van der Waals surface area contributed by atoms with Gasteiger partial charge in [-0.1, -0.05) is 37.8 Å². The standard InChI is InChI=1S/C20H30N2O3.ClH/c1-15(23)17-8-7-11-19(14-17)25-16(2)20(24)22-13-12-21-18-9-5-3-4-6-10-18;/h7-8,11,14,16,18,21H,3-6,9-10,12-13H2,1-2H3,(H,22,24);1H. The molecule has 0 radical (unpaired) electrons. The Morgan fingerprint density at radius 2 is 1.85 bits per heavy atom. The van der Waals surface area contributed by atoms with Gasteiger partial charge >= 0.3 is 0 Å². The minimum atomic E-state index is -0.597. The van der Waals surface area contributed by atoms with Crippen molar-refractivity contribution in [2.45, 2.75) is 64.5 Å². The van der Waals surface area contributed by atoms with E-state index in [1.165, 1.54) is 45.4 Å². The molecule has 0 aliphatic heterocycles. The zero-order valence-corrected chi connectivity index (χ0v) is 16.6. The third-order valence-corrected chi connectivity index (χ3v) is 4.64. The Kier molecular flexibility index (Phi) is 10.3. The van der Waals surface area contributed by atoms with Crippen molar-refractivity contribution in [2.24, 2.45) is 0 Å². The lowest BCUT2D eigenvalue weighted by Crippen LogP contribution is -2.41. The number of halogens is 1. The fraction of sp³-hybridized carbons (Fsp3) is 0.600. The summed E-state index contributed by atoms with van der Waals surface area (Å²) >= 11 is 0. The number of amides is 1. The molecule has 0 bridgehead atoms. The predicted octanol–water partition coefficient (Wildman–Crippen LogP) is 3.51. The van der Waals surface area contributed by atoms with E-state index >= 15 is 0 Å². The van der Waals surface area contributed by atoms with Gasteiger partial charge in [0.25, 0.3) is 5.91 Å². The highest BCUT2D eigenvalue weighted by atomic mass is 35.5. The van der Waals surface area contributed by atoms with Crippen LogP contribution in [0.4, 0.5) is 0 Å². The van der Waals surface area contributed by atoms with Gasteiger partial charge in [0.2, 0.25) is 0 Å². The van der Waals surface area contributed by atoms with Gasteiger partial charge in [-0.2, -0.15) is 0 Å². The Balaban J connectivity index is 0.00000338. The van der Waals surface area contributed by atoms with Gasteiger partial charge in [-0.25, -0.2) is 0 Å². The minimum Gasteiger partial charge on any atom is -0.481 e. The molecule has 0 heterocycles. The van der Waals surface area contributed by atoms with E-state index in [9.17, 15) is 9.59 Å². The monoisotopic (exact) mass is 382 g/mol. The smallest absolute Gasteiger partial charge is 0.260 e. The number of ether oxygens (including phenoxy) is 1. The Bertz CT molecular complexity index is 572. The lowest BCUT2D eigenvalue weighted by Gasteiger charge is -2.18. The van der Waals surface area contributed by atoms with Crippen molar-refractivity contribution >= 4 is 24.1 Å². The molecule has 2 rings (SSSR count). The molecule has 1 aliphatic carbocycles. The topological polar surface area (TPSA) is 67.4 Å². The number of Topliss-reactive ketones (excluding diaryl/α,β-unsaturated/α-hetero) is 1. The fourth-order valence-electron chi connectivity index (χ4n) is 3.14. The number of hydrogen-bond donors (Lipinski definition) is 2. The molecule has 1 unspecified atom stereocenters. The van der Waals surface area contributed by atoms with Crippen LogP contribution in [0.15, 0.2) is 24.3 Å². The summed E-state index contributed by atoms with van der Waals surface area (Å²) in [6, 6.07) is 7.50. The number of hydrogen-bond acceptors (Lipinski definition) is 4. The molecule has 0 aromatic heterocycles. The average Bonchev–Trinajstić information content (AvgIpc) is 2.87. The highest BCUT2D eigenvalue weighted by Crippen LogP contribution is 2.17. The van der Waals surface area contributed by atoms with Crippen LogP contribution in [-0.4, -0.2) is 36.9 Å². The number of benzene rings is 1. The maximum absolute atomic E-state index is 12.1. The molecule has 1 atom stereocenters. The van der Waals surface area contributed by atoms with Crippen molar-refractivity contribution in [3.05, 3.63) is 29.8 Å². The van der Waals surface area contributed by atoms with Crippen molar-refractivity contribution in [3.8, 4) is 5.75 Å². The van der Waals surface area contributed by atoms with Crippen molar-refractivity contribution < 1.29 is 14.3 Å². The van der Waals surface area contributed by atoms with Crippen molar-refractivity contribution in [1.29, 1.82) is 0 Å². The van der Waals surface area contributed by atoms with Crippen LogP contribution in [-0.2, 0) is 4.79 Å². The highest BCUT2D eigenvalue weighted by molar-refractivity contribution is 5.94. The summed E-state index contributed by atoms with van der Waals surface area (Å²) in [5.74, 6) is 0.370. The van der Waals surface area contributed by atoms with Crippen LogP contribution in [0.3, 0.4) is 0 Å². The Morgan fingerprint density at radius 3 is 2.50 bits per heavy atom. The summed E-state index contributed by atoms with van der Waals surface area (Å²) in [5, 5.41) is 6.43. The van der Waals surface area contributed by atoms with Crippen LogP contribution in [0.5, 0.6) is 5.75 Å². The summed E-state index contributed by atoms with van der Waals surface area (Å²) in [6.07, 6.45) is 7.16. The first-order valence-corrected chi connectivity index (χ1v) is 9.35. The molecule has 0 spiro atoms. The number of rotatable bonds is 8. The molecule has 5 nitrogen and oxygen atoms in total. The van der Waals surface area contributed by atoms with Gasteiger partial charge in [-0.05, 0) is 38.8 Å². The zero-order chi connectivity index (χ0) is 18.1. The maximum atomic E-state index is 12.1. The summed E-state index contributed by atoms with van der Waals surface area (Å²) in [6.45, 7) is 4.60. The van der Waals surface area contributed by atoms with E-state index in [0.717, 1.165) is 6.54 Å². The van der Waals surface area contributed by atoms with E-state index in [4.69, 9.17) is 4.74 Å². The molecule has 146 valence electrons. The van der Waals surface area contributed by atoms with Gasteiger partial charge in [0, 0.05) is 24.7 Å². The molecule has 1 saturated carbocycles. The van der Waals surface area contributed by atoms with Crippen molar-refractivity contribution in [1.82, 2.24) is 10.6 Å². The maximum Gasteiger partial charge on any atom is 0.260 e. The van der Waals surface area contributed by atoms with Crippen LogP contribution < -0.4 is 15.4 Å². The molecule has 1 aromatic carbocycles. The lowest BCUT2D eigenvalue weighted by molar-refractivity contribution is -0.127. The SMILES string of the molecule is CC(=O)c1cccc(OC(C)C(=O)NCCNC2CCCCCC2)c1.Cl. The first-order valence-electron chi connectivity index (χ1n) is 9.35. The number of carbonyl (C=O) groups is 2. The van der Waals surface area contributed by atoms with Gasteiger partial charge in [-0.3, -0.25) is 9.59 Å². The van der Waals surface area contributed by atoms with Crippen LogP contribution in [0.25, 0.3) is 0 Å².